The van der Waals surface area contributed by atoms with E-state index >= 15 is 0 Å². The monoisotopic (exact) mass is 331 g/mol. The van der Waals surface area contributed by atoms with Crippen molar-refractivity contribution in [3.05, 3.63) is 29.8 Å². The molecule has 2 aliphatic heterocycles. The van der Waals surface area contributed by atoms with Gasteiger partial charge in [0.05, 0.1) is 18.9 Å². The van der Waals surface area contributed by atoms with E-state index in [0.29, 0.717) is 6.67 Å². The van der Waals surface area contributed by atoms with Crippen LogP contribution in [0.5, 0.6) is 0 Å². The number of amides is 3. The summed E-state index contributed by atoms with van der Waals surface area (Å²) in [4.78, 5) is 30.5. The van der Waals surface area contributed by atoms with Crippen molar-refractivity contribution < 1.29 is 14.3 Å². The van der Waals surface area contributed by atoms with Crippen molar-refractivity contribution in [1.82, 2.24) is 9.80 Å². The molecule has 2 saturated heterocycles. The van der Waals surface area contributed by atoms with Gasteiger partial charge in [-0.3, -0.25) is 14.6 Å². The van der Waals surface area contributed by atoms with Crippen LogP contribution in [0.4, 0.5) is 10.5 Å². The average Bonchev–Trinajstić information content (AvgIpc) is 2.71. The summed E-state index contributed by atoms with van der Waals surface area (Å²) in [5.74, 6) is -0.146. The Bertz CT molecular complexity index is 621. The first kappa shape index (κ1) is 16.9. The lowest BCUT2D eigenvalue weighted by atomic mass is 10.2. The molecule has 130 valence electrons. The van der Waals surface area contributed by atoms with Gasteiger partial charge in [-0.25, -0.2) is 9.69 Å². The highest BCUT2D eigenvalue weighted by molar-refractivity contribution is 6.14. The van der Waals surface area contributed by atoms with Crippen LogP contribution in [0.2, 0.25) is 0 Å². The fourth-order valence-corrected chi connectivity index (χ4v) is 3.50. The van der Waals surface area contributed by atoms with Crippen molar-refractivity contribution in [2.24, 2.45) is 0 Å². The SMILES string of the molecule is Cc1ccc(N2C(=O)N(CN3C[C@@H](C)O[C@@H](C)C3)C(=O)[C@@H]2C)cc1. The standard InChI is InChI=1S/C18H25N3O3/c1-12-5-7-16(8-6-12)21-15(4)17(22)20(18(21)23)11-19-9-13(2)24-14(3)10-19/h5-8,13-15H,9-11H2,1-4H3/t13-,14+,15-/m0/s1. The molecule has 3 atom stereocenters. The van der Waals surface area contributed by atoms with Crippen LogP contribution in [0, 0.1) is 6.92 Å². The zero-order valence-corrected chi connectivity index (χ0v) is 14.7. The van der Waals surface area contributed by atoms with Crippen molar-refractivity contribution in [3.8, 4) is 0 Å². The normalized spacial score (nSPS) is 28.8. The first-order valence-corrected chi connectivity index (χ1v) is 8.46. The van der Waals surface area contributed by atoms with E-state index in [1.54, 1.807) is 11.8 Å². The summed E-state index contributed by atoms with van der Waals surface area (Å²) in [6, 6.07) is 6.96. The van der Waals surface area contributed by atoms with Crippen LogP contribution in [0.1, 0.15) is 26.3 Å². The summed E-state index contributed by atoms with van der Waals surface area (Å²) in [6.45, 7) is 9.57. The lowest BCUT2D eigenvalue weighted by Gasteiger charge is -2.36. The maximum Gasteiger partial charge on any atom is 0.333 e. The van der Waals surface area contributed by atoms with Crippen molar-refractivity contribution in [2.75, 3.05) is 24.7 Å². The second kappa shape index (κ2) is 6.53. The highest BCUT2D eigenvalue weighted by Gasteiger charge is 2.44. The molecule has 1 aromatic carbocycles. The van der Waals surface area contributed by atoms with Gasteiger partial charge in [-0.05, 0) is 39.8 Å². The summed E-state index contributed by atoms with van der Waals surface area (Å²) < 4.78 is 5.72. The molecule has 0 unspecified atom stereocenters. The average molecular weight is 331 g/mol. The van der Waals surface area contributed by atoms with Gasteiger partial charge >= 0.3 is 6.03 Å². The fourth-order valence-electron chi connectivity index (χ4n) is 3.50. The van der Waals surface area contributed by atoms with Crippen molar-refractivity contribution in [2.45, 2.75) is 45.9 Å². The van der Waals surface area contributed by atoms with E-state index in [2.05, 4.69) is 4.90 Å². The molecule has 24 heavy (non-hydrogen) atoms. The Balaban J connectivity index is 1.76. The first-order chi connectivity index (χ1) is 11.4. The molecule has 0 spiro atoms. The second-order valence-corrected chi connectivity index (χ2v) is 6.87. The van der Waals surface area contributed by atoms with Crippen LogP contribution in [0.15, 0.2) is 24.3 Å². The van der Waals surface area contributed by atoms with E-state index in [-0.39, 0.29) is 24.1 Å². The van der Waals surface area contributed by atoms with Gasteiger partial charge in [0, 0.05) is 18.8 Å². The number of aryl methyl sites for hydroxylation is 1. The molecular weight excluding hydrogens is 306 g/mol. The molecule has 0 N–H and O–H groups in total. The zero-order chi connectivity index (χ0) is 17.4. The van der Waals surface area contributed by atoms with Crippen LogP contribution in [0.3, 0.4) is 0 Å². The highest BCUT2D eigenvalue weighted by Crippen LogP contribution is 2.26. The van der Waals surface area contributed by atoms with E-state index in [4.69, 9.17) is 4.74 Å². The van der Waals surface area contributed by atoms with Crippen molar-refractivity contribution >= 4 is 17.6 Å². The predicted molar refractivity (Wildman–Crippen MR) is 91.8 cm³/mol. The minimum atomic E-state index is -0.476. The molecule has 0 aliphatic carbocycles. The number of ether oxygens (including phenoxy) is 1. The number of morpholine rings is 1. The van der Waals surface area contributed by atoms with Crippen molar-refractivity contribution in [1.29, 1.82) is 0 Å². The van der Waals surface area contributed by atoms with Crippen LogP contribution < -0.4 is 4.90 Å². The molecular formula is C18H25N3O3. The number of carbonyl (C=O) groups is 2. The number of hydrogen-bond acceptors (Lipinski definition) is 4. The van der Waals surface area contributed by atoms with Gasteiger partial charge in [0.15, 0.2) is 0 Å². The molecule has 6 nitrogen and oxygen atoms in total. The van der Waals surface area contributed by atoms with Gasteiger partial charge in [0.25, 0.3) is 5.91 Å². The third kappa shape index (κ3) is 3.16. The largest absolute Gasteiger partial charge is 0.373 e. The van der Waals surface area contributed by atoms with E-state index in [1.807, 2.05) is 45.0 Å². The molecule has 2 aliphatic rings. The molecule has 1 aromatic rings. The summed E-state index contributed by atoms with van der Waals surface area (Å²) >= 11 is 0. The number of nitrogens with zero attached hydrogens (tertiary/aromatic N) is 3. The van der Waals surface area contributed by atoms with Crippen LogP contribution >= 0.6 is 0 Å². The van der Waals surface area contributed by atoms with E-state index in [1.165, 1.54) is 4.90 Å². The van der Waals surface area contributed by atoms with Crippen LogP contribution in [-0.4, -0.2) is 59.7 Å². The zero-order valence-electron chi connectivity index (χ0n) is 14.7. The summed E-state index contributed by atoms with van der Waals surface area (Å²) in [6.07, 6.45) is 0.208. The van der Waals surface area contributed by atoms with E-state index in [9.17, 15) is 9.59 Å². The minimum Gasteiger partial charge on any atom is -0.373 e. The Hall–Kier alpha value is -1.92. The Morgan fingerprint density at radius 2 is 1.62 bits per heavy atom. The Labute approximate surface area is 143 Å². The van der Waals surface area contributed by atoms with E-state index in [0.717, 1.165) is 24.3 Å². The third-order valence-electron chi connectivity index (χ3n) is 4.60. The molecule has 0 saturated carbocycles. The molecule has 0 bridgehead atoms. The Kier molecular flexibility index (Phi) is 4.60. The molecule has 0 aromatic heterocycles. The van der Waals surface area contributed by atoms with E-state index < -0.39 is 6.04 Å². The second-order valence-electron chi connectivity index (χ2n) is 6.87. The quantitative estimate of drug-likeness (QED) is 0.797. The van der Waals surface area contributed by atoms with Crippen LogP contribution in [0.25, 0.3) is 0 Å². The molecule has 6 heteroatoms. The number of imide groups is 1. The molecule has 3 amide bonds. The van der Waals surface area contributed by atoms with Gasteiger partial charge in [0.2, 0.25) is 0 Å². The number of carbonyl (C=O) groups excluding carboxylic acids is 2. The molecule has 0 radical (unpaired) electrons. The van der Waals surface area contributed by atoms with Gasteiger partial charge in [-0.2, -0.15) is 0 Å². The smallest absolute Gasteiger partial charge is 0.333 e. The van der Waals surface area contributed by atoms with Gasteiger partial charge in [-0.15, -0.1) is 0 Å². The lowest BCUT2D eigenvalue weighted by Crippen LogP contribution is -2.51. The van der Waals surface area contributed by atoms with Crippen LogP contribution in [-0.2, 0) is 9.53 Å². The van der Waals surface area contributed by atoms with Gasteiger partial charge < -0.3 is 4.74 Å². The minimum absolute atomic E-state index is 0.104. The number of benzene rings is 1. The third-order valence-corrected chi connectivity index (χ3v) is 4.60. The number of anilines is 1. The fraction of sp³-hybridized carbons (Fsp3) is 0.556. The highest BCUT2D eigenvalue weighted by atomic mass is 16.5. The number of urea groups is 1. The summed E-state index contributed by atoms with van der Waals surface area (Å²) in [7, 11) is 0. The molecule has 2 heterocycles. The summed E-state index contributed by atoms with van der Waals surface area (Å²) in [5.41, 5.74) is 1.88. The summed E-state index contributed by atoms with van der Waals surface area (Å²) in [5, 5.41) is 0. The van der Waals surface area contributed by atoms with Gasteiger partial charge in [0.1, 0.15) is 6.04 Å². The Morgan fingerprint density at radius 1 is 1.04 bits per heavy atom. The van der Waals surface area contributed by atoms with Gasteiger partial charge in [-0.1, -0.05) is 17.7 Å². The first-order valence-electron chi connectivity index (χ1n) is 8.46. The van der Waals surface area contributed by atoms with Crippen molar-refractivity contribution in [3.63, 3.8) is 0 Å². The maximum atomic E-state index is 12.8. The molecule has 2 fully saturated rings. The lowest BCUT2D eigenvalue weighted by molar-refractivity contribution is -0.131. The number of hydrogen-bond donors (Lipinski definition) is 0. The Morgan fingerprint density at radius 3 is 2.21 bits per heavy atom. The topological polar surface area (TPSA) is 53.1 Å². The number of rotatable bonds is 3. The predicted octanol–water partition coefficient (Wildman–Crippen LogP) is 2.22. The molecule has 3 rings (SSSR count). The maximum absolute atomic E-state index is 12.8.